The highest BCUT2D eigenvalue weighted by molar-refractivity contribution is 5.75. The molecule has 3 aliphatic rings. The van der Waals surface area contributed by atoms with Crippen molar-refractivity contribution in [1.82, 2.24) is 15.1 Å². The van der Waals surface area contributed by atoms with Crippen LogP contribution in [0, 0.1) is 0 Å². The summed E-state index contributed by atoms with van der Waals surface area (Å²) < 4.78 is 0. The molecule has 2 heterocycles. The average Bonchev–Trinajstić information content (AvgIpc) is 3.28. The van der Waals surface area contributed by atoms with E-state index in [0.717, 1.165) is 32.4 Å². The molecule has 4 rings (SSSR count). The van der Waals surface area contributed by atoms with Gasteiger partial charge in [0.1, 0.15) is 0 Å². The lowest BCUT2D eigenvalue weighted by molar-refractivity contribution is 0.195. The van der Waals surface area contributed by atoms with Gasteiger partial charge < -0.3 is 10.2 Å². The summed E-state index contributed by atoms with van der Waals surface area (Å²) in [6, 6.07) is 9.42. The molecule has 4 heteroatoms. The summed E-state index contributed by atoms with van der Waals surface area (Å²) >= 11 is 0. The van der Waals surface area contributed by atoms with Gasteiger partial charge >= 0.3 is 6.03 Å². The summed E-state index contributed by atoms with van der Waals surface area (Å²) in [7, 11) is 0. The van der Waals surface area contributed by atoms with Crippen LogP contribution in [0.2, 0.25) is 0 Å². The fraction of sp³-hybridized carbons (Fsp3) is 0.611. The zero-order chi connectivity index (χ0) is 14.9. The molecule has 118 valence electrons. The number of fused-ring (bicyclic) bond motifs is 1. The first-order chi connectivity index (χ1) is 10.8. The third-order valence-corrected chi connectivity index (χ3v) is 5.54. The van der Waals surface area contributed by atoms with E-state index in [-0.39, 0.29) is 12.1 Å². The SMILES string of the molecule is O=C(NC1CCc2ccccc21)N1CCC(N2CCCC2)C1. The van der Waals surface area contributed by atoms with Crippen LogP contribution in [-0.2, 0) is 6.42 Å². The van der Waals surface area contributed by atoms with Gasteiger partial charge in [0.15, 0.2) is 0 Å². The fourth-order valence-corrected chi connectivity index (χ4v) is 4.28. The van der Waals surface area contributed by atoms with Crippen molar-refractivity contribution >= 4 is 6.03 Å². The lowest BCUT2D eigenvalue weighted by Gasteiger charge is -2.24. The lowest BCUT2D eigenvalue weighted by Crippen LogP contribution is -2.42. The molecular formula is C18H25N3O. The molecule has 2 aliphatic heterocycles. The van der Waals surface area contributed by atoms with E-state index in [4.69, 9.17) is 0 Å². The molecule has 0 bridgehead atoms. The van der Waals surface area contributed by atoms with Crippen molar-refractivity contribution in [2.24, 2.45) is 0 Å². The first kappa shape index (κ1) is 14.1. The minimum atomic E-state index is 0.128. The van der Waals surface area contributed by atoms with Gasteiger partial charge in [-0.15, -0.1) is 0 Å². The Morgan fingerprint density at radius 1 is 1.09 bits per heavy atom. The number of rotatable bonds is 2. The van der Waals surface area contributed by atoms with E-state index < -0.39 is 0 Å². The van der Waals surface area contributed by atoms with Gasteiger partial charge in [-0.25, -0.2) is 4.79 Å². The quantitative estimate of drug-likeness (QED) is 0.911. The smallest absolute Gasteiger partial charge is 0.317 e. The number of hydrogen-bond acceptors (Lipinski definition) is 2. The summed E-state index contributed by atoms with van der Waals surface area (Å²) in [6.45, 7) is 4.24. The maximum Gasteiger partial charge on any atom is 0.317 e. The zero-order valence-electron chi connectivity index (χ0n) is 13.1. The molecule has 2 saturated heterocycles. The van der Waals surface area contributed by atoms with Crippen molar-refractivity contribution in [2.75, 3.05) is 26.2 Å². The van der Waals surface area contributed by atoms with Gasteiger partial charge in [-0.2, -0.15) is 0 Å². The second kappa shape index (κ2) is 5.92. The Labute approximate surface area is 132 Å². The highest BCUT2D eigenvalue weighted by Gasteiger charge is 2.33. The number of urea groups is 1. The van der Waals surface area contributed by atoms with Crippen molar-refractivity contribution in [3.8, 4) is 0 Å². The normalized spacial score (nSPS) is 28.1. The van der Waals surface area contributed by atoms with E-state index in [0.29, 0.717) is 6.04 Å². The largest absolute Gasteiger partial charge is 0.331 e. The van der Waals surface area contributed by atoms with E-state index in [9.17, 15) is 4.79 Å². The van der Waals surface area contributed by atoms with Crippen molar-refractivity contribution in [3.05, 3.63) is 35.4 Å². The van der Waals surface area contributed by atoms with E-state index >= 15 is 0 Å². The third kappa shape index (κ3) is 2.60. The highest BCUT2D eigenvalue weighted by Crippen LogP contribution is 2.31. The number of amides is 2. The van der Waals surface area contributed by atoms with Crippen LogP contribution < -0.4 is 5.32 Å². The molecule has 1 N–H and O–H groups in total. The van der Waals surface area contributed by atoms with Gasteiger partial charge in [0, 0.05) is 19.1 Å². The topological polar surface area (TPSA) is 35.6 Å². The maximum absolute atomic E-state index is 12.6. The molecule has 1 aliphatic carbocycles. The monoisotopic (exact) mass is 299 g/mol. The summed E-state index contributed by atoms with van der Waals surface area (Å²) in [4.78, 5) is 17.2. The lowest BCUT2D eigenvalue weighted by atomic mass is 10.1. The van der Waals surface area contributed by atoms with E-state index in [1.807, 2.05) is 4.90 Å². The van der Waals surface area contributed by atoms with Crippen molar-refractivity contribution < 1.29 is 4.79 Å². The maximum atomic E-state index is 12.6. The number of carbonyl (C=O) groups is 1. The summed E-state index contributed by atoms with van der Waals surface area (Å²) in [5.74, 6) is 0. The average molecular weight is 299 g/mol. The summed E-state index contributed by atoms with van der Waals surface area (Å²) in [5, 5.41) is 3.26. The second-order valence-corrected chi connectivity index (χ2v) is 6.87. The molecule has 0 spiro atoms. The van der Waals surface area contributed by atoms with Crippen LogP contribution >= 0.6 is 0 Å². The van der Waals surface area contributed by atoms with Gasteiger partial charge in [0.25, 0.3) is 0 Å². The number of nitrogens with zero attached hydrogens (tertiary/aromatic N) is 2. The molecule has 1 aromatic rings. The number of carbonyl (C=O) groups excluding carboxylic acids is 1. The first-order valence-electron chi connectivity index (χ1n) is 8.68. The Kier molecular flexibility index (Phi) is 3.78. The van der Waals surface area contributed by atoms with Crippen LogP contribution in [0.5, 0.6) is 0 Å². The van der Waals surface area contributed by atoms with Crippen LogP contribution in [0.15, 0.2) is 24.3 Å². The van der Waals surface area contributed by atoms with Crippen LogP contribution in [0.25, 0.3) is 0 Å². The van der Waals surface area contributed by atoms with E-state index in [1.54, 1.807) is 0 Å². The third-order valence-electron chi connectivity index (χ3n) is 5.54. The highest BCUT2D eigenvalue weighted by atomic mass is 16.2. The van der Waals surface area contributed by atoms with Gasteiger partial charge in [0.05, 0.1) is 6.04 Å². The molecule has 0 radical (unpaired) electrons. The molecular weight excluding hydrogens is 274 g/mol. The molecule has 0 aromatic heterocycles. The van der Waals surface area contributed by atoms with Gasteiger partial charge in [-0.3, -0.25) is 4.90 Å². The molecule has 0 saturated carbocycles. The van der Waals surface area contributed by atoms with Crippen LogP contribution in [0.3, 0.4) is 0 Å². The Balaban J connectivity index is 1.35. The van der Waals surface area contributed by atoms with E-state index in [1.165, 1.54) is 37.1 Å². The predicted octanol–water partition coefficient (Wildman–Crippen LogP) is 2.55. The standard InChI is InChI=1S/C18H25N3O/c22-18(19-17-8-7-14-5-1-2-6-16(14)17)21-12-9-15(13-21)20-10-3-4-11-20/h1-2,5-6,15,17H,3-4,7-13H2,(H,19,22). The Bertz CT molecular complexity index is 553. The number of nitrogens with one attached hydrogen (secondary N) is 1. The van der Waals surface area contributed by atoms with Crippen molar-refractivity contribution in [1.29, 1.82) is 0 Å². The number of likely N-dealkylation sites (tertiary alicyclic amines) is 2. The minimum Gasteiger partial charge on any atom is -0.331 e. The molecule has 4 nitrogen and oxygen atoms in total. The van der Waals surface area contributed by atoms with Gasteiger partial charge in [-0.05, 0) is 56.3 Å². The molecule has 2 atom stereocenters. The molecule has 2 fully saturated rings. The molecule has 2 unspecified atom stereocenters. The second-order valence-electron chi connectivity index (χ2n) is 6.87. The first-order valence-corrected chi connectivity index (χ1v) is 8.68. The van der Waals surface area contributed by atoms with Crippen LogP contribution in [-0.4, -0.2) is 48.1 Å². The van der Waals surface area contributed by atoms with Crippen LogP contribution in [0.1, 0.15) is 42.9 Å². The number of hydrogen-bond donors (Lipinski definition) is 1. The van der Waals surface area contributed by atoms with Gasteiger partial charge in [0.2, 0.25) is 0 Å². The van der Waals surface area contributed by atoms with E-state index in [2.05, 4.69) is 34.5 Å². The van der Waals surface area contributed by atoms with Crippen LogP contribution in [0.4, 0.5) is 4.79 Å². The van der Waals surface area contributed by atoms with Gasteiger partial charge in [-0.1, -0.05) is 24.3 Å². The summed E-state index contributed by atoms with van der Waals surface area (Å²) in [5.41, 5.74) is 2.70. The van der Waals surface area contributed by atoms with Crippen molar-refractivity contribution in [2.45, 2.75) is 44.2 Å². The molecule has 22 heavy (non-hydrogen) atoms. The Morgan fingerprint density at radius 3 is 2.77 bits per heavy atom. The summed E-state index contributed by atoms with van der Waals surface area (Å²) in [6.07, 6.45) is 5.89. The Hall–Kier alpha value is -1.55. The molecule has 1 aromatic carbocycles. The predicted molar refractivity (Wildman–Crippen MR) is 86.8 cm³/mol. The minimum absolute atomic E-state index is 0.128. The van der Waals surface area contributed by atoms with Crippen molar-refractivity contribution in [3.63, 3.8) is 0 Å². The Morgan fingerprint density at radius 2 is 1.91 bits per heavy atom. The number of aryl methyl sites for hydroxylation is 1. The fourth-order valence-electron chi connectivity index (χ4n) is 4.28. The molecule has 2 amide bonds. The zero-order valence-corrected chi connectivity index (χ0v) is 13.1. The number of benzene rings is 1.